The van der Waals surface area contributed by atoms with Crippen molar-refractivity contribution in [1.82, 2.24) is 0 Å². The monoisotopic (exact) mass is 457 g/mol. The third-order valence-corrected chi connectivity index (χ3v) is 9.16. The molecule has 168 valence electrons. The van der Waals surface area contributed by atoms with E-state index >= 15 is 0 Å². The number of rotatable bonds is 6. The summed E-state index contributed by atoms with van der Waals surface area (Å²) < 4.78 is 12.3. The van der Waals surface area contributed by atoms with Crippen molar-refractivity contribution in [3.8, 4) is 5.75 Å². The Balaban J connectivity index is 1.90. The van der Waals surface area contributed by atoms with Crippen LogP contribution in [0.1, 0.15) is 0 Å². The van der Waals surface area contributed by atoms with Gasteiger partial charge in [-0.1, -0.05) is 36.4 Å². The summed E-state index contributed by atoms with van der Waals surface area (Å²) in [7, 11) is -2.93. The average Bonchev–Trinajstić information content (AvgIpc) is 2.84. The lowest BCUT2D eigenvalue weighted by molar-refractivity contribution is -0.276. The van der Waals surface area contributed by atoms with Gasteiger partial charge in [0.25, 0.3) is 0 Å². The molecule has 0 aromatic heterocycles. The Labute approximate surface area is 186 Å². The van der Waals surface area contributed by atoms with Crippen LogP contribution in [0.2, 0.25) is 0 Å². The molecule has 1 aliphatic heterocycles. The largest absolute Gasteiger partial charge is 0.508 e. The first-order chi connectivity index (χ1) is 15.5. The maximum atomic E-state index is 10.7. The summed E-state index contributed by atoms with van der Waals surface area (Å²) in [6.07, 6.45) is -7.00. The van der Waals surface area contributed by atoms with E-state index in [1.807, 2.05) is 60.7 Å². The number of ether oxygens (including phenoxy) is 1. The molecule has 0 radical (unpaired) electrons. The average molecular weight is 457 g/mol. The lowest BCUT2D eigenvalue weighted by atomic mass is 10.00. The van der Waals surface area contributed by atoms with Gasteiger partial charge in [0.2, 0.25) is 13.8 Å². The zero-order chi connectivity index (χ0) is 22.7. The number of hydrogen-bond donors (Lipinski definition) is 5. The second-order valence-electron chi connectivity index (χ2n) is 7.60. The molecule has 0 unspecified atom stereocenters. The minimum atomic E-state index is -2.93. The molecule has 7 nitrogen and oxygen atoms in total. The topological polar surface area (TPSA) is 120 Å². The van der Waals surface area contributed by atoms with E-state index in [9.17, 15) is 25.5 Å². The minimum Gasteiger partial charge on any atom is -0.508 e. The number of aromatic hydroxyl groups is 1. The van der Waals surface area contributed by atoms with Crippen LogP contribution in [0.15, 0.2) is 84.9 Å². The Morgan fingerprint density at radius 1 is 0.688 bits per heavy atom. The van der Waals surface area contributed by atoms with Crippen molar-refractivity contribution in [2.24, 2.45) is 0 Å². The number of hydrogen-bond acceptors (Lipinski definition) is 7. The molecule has 1 heterocycles. The second kappa shape index (κ2) is 9.65. The van der Waals surface area contributed by atoms with Gasteiger partial charge < -0.3 is 30.3 Å². The molecule has 0 bridgehead atoms. The quantitative estimate of drug-likeness (QED) is 0.341. The first-order valence-corrected chi connectivity index (χ1v) is 12.0. The van der Waals surface area contributed by atoms with Crippen molar-refractivity contribution in [2.45, 2.75) is 30.7 Å². The maximum absolute atomic E-state index is 10.7. The third-order valence-electron chi connectivity index (χ3n) is 5.56. The van der Waals surface area contributed by atoms with Crippen molar-refractivity contribution in [3.05, 3.63) is 84.9 Å². The fraction of sp³-hybridized carbons (Fsp3) is 0.250. The van der Waals surface area contributed by atoms with Gasteiger partial charge in [0.15, 0.2) is 0 Å². The van der Waals surface area contributed by atoms with Crippen LogP contribution in [0.25, 0.3) is 0 Å². The summed E-state index contributed by atoms with van der Waals surface area (Å²) in [6, 6.07) is 25.6. The van der Waals surface area contributed by atoms with Crippen LogP contribution in [-0.2, 0) is 9.26 Å². The number of phenolic OH excluding ortho intramolecular Hbond substituents is 1. The van der Waals surface area contributed by atoms with Gasteiger partial charge in [-0.15, -0.1) is 0 Å². The van der Waals surface area contributed by atoms with Gasteiger partial charge in [-0.3, -0.25) is 0 Å². The van der Waals surface area contributed by atoms with Crippen molar-refractivity contribution in [3.63, 3.8) is 0 Å². The Morgan fingerprint density at radius 3 is 1.69 bits per heavy atom. The minimum absolute atomic E-state index is 0.0980. The highest BCUT2D eigenvalue weighted by molar-refractivity contribution is 7.91. The molecule has 0 spiro atoms. The molecule has 3 aromatic carbocycles. The molecule has 4 rings (SSSR count). The van der Waals surface area contributed by atoms with Crippen molar-refractivity contribution < 1.29 is 34.8 Å². The van der Waals surface area contributed by atoms with E-state index in [-0.39, 0.29) is 5.75 Å². The molecule has 5 atom stereocenters. The molecule has 0 saturated carbocycles. The predicted octanol–water partition coefficient (Wildman–Crippen LogP) is 0.418. The molecule has 8 heteroatoms. The summed E-state index contributed by atoms with van der Waals surface area (Å²) in [4.78, 5) is 0. The zero-order valence-electron chi connectivity index (χ0n) is 17.2. The van der Waals surface area contributed by atoms with Gasteiger partial charge in [-0.05, 0) is 48.5 Å². The predicted molar refractivity (Wildman–Crippen MR) is 122 cm³/mol. The van der Waals surface area contributed by atoms with E-state index < -0.39 is 44.8 Å². The first kappa shape index (κ1) is 22.8. The normalized spacial score (nSPS) is 26.1. The number of aliphatic hydroxyl groups excluding tert-OH is 4. The molecule has 1 aliphatic rings. The highest BCUT2D eigenvalue weighted by Gasteiger charge is 2.55. The molecule has 0 amide bonds. The Hall–Kier alpha value is -2.35. The van der Waals surface area contributed by atoms with Gasteiger partial charge in [0, 0.05) is 0 Å². The molecule has 1 saturated heterocycles. The zero-order valence-corrected chi connectivity index (χ0v) is 18.1. The number of phenols is 1. The summed E-state index contributed by atoms with van der Waals surface area (Å²) in [5, 5.41) is 53.1. The van der Waals surface area contributed by atoms with E-state index in [4.69, 9.17) is 9.26 Å². The Morgan fingerprint density at radius 2 is 1.19 bits per heavy atom. The van der Waals surface area contributed by atoms with Crippen LogP contribution in [0.5, 0.6) is 5.75 Å². The summed E-state index contributed by atoms with van der Waals surface area (Å²) in [5.74, 6) is 0.0980. The molecule has 3 aromatic rings. The van der Waals surface area contributed by atoms with Gasteiger partial charge in [0.05, 0.1) is 6.61 Å². The molecular weight excluding hydrogens is 431 g/mol. The number of benzene rings is 3. The summed E-state index contributed by atoms with van der Waals surface area (Å²) >= 11 is 0. The van der Waals surface area contributed by atoms with Gasteiger partial charge in [0.1, 0.15) is 46.1 Å². The fourth-order valence-electron chi connectivity index (χ4n) is 3.88. The lowest BCUT2D eigenvalue weighted by Gasteiger charge is -2.40. The van der Waals surface area contributed by atoms with E-state index in [0.29, 0.717) is 0 Å². The van der Waals surface area contributed by atoms with Gasteiger partial charge >= 0.3 is 0 Å². The molecular formula is C24H26O7P+. The van der Waals surface area contributed by atoms with Crippen LogP contribution in [0.4, 0.5) is 0 Å². The Kier molecular flexibility index (Phi) is 6.88. The summed E-state index contributed by atoms with van der Waals surface area (Å²) in [5.41, 5.74) is 0. The highest BCUT2D eigenvalue weighted by atomic mass is 31.2. The lowest BCUT2D eigenvalue weighted by Crippen LogP contribution is -2.59. The highest BCUT2D eigenvalue weighted by Crippen LogP contribution is 2.58. The van der Waals surface area contributed by atoms with Crippen molar-refractivity contribution in [2.75, 3.05) is 6.61 Å². The van der Waals surface area contributed by atoms with E-state index in [0.717, 1.165) is 15.9 Å². The molecule has 1 fully saturated rings. The first-order valence-electron chi connectivity index (χ1n) is 10.3. The fourth-order valence-corrected chi connectivity index (χ4v) is 7.38. The SMILES string of the molecule is OC[C@H]1O[C@H](O[P+](c2ccccc2)(c2ccccc2)c2ccc(O)cc2)[C@H](O)[C@@H](O)[C@@H]1O. The van der Waals surface area contributed by atoms with E-state index in [1.54, 1.807) is 24.3 Å². The van der Waals surface area contributed by atoms with Crippen molar-refractivity contribution >= 4 is 23.4 Å². The van der Waals surface area contributed by atoms with Crippen LogP contribution < -0.4 is 15.9 Å². The van der Waals surface area contributed by atoms with Gasteiger partial charge in [-0.2, -0.15) is 4.52 Å². The molecule has 32 heavy (non-hydrogen) atoms. The van der Waals surface area contributed by atoms with E-state index in [2.05, 4.69) is 0 Å². The Bertz CT molecular complexity index is 958. The van der Waals surface area contributed by atoms with Crippen LogP contribution in [0.3, 0.4) is 0 Å². The van der Waals surface area contributed by atoms with Crippen LogP contribution in [0, 0.1) is 0 Å². The third kappa shape index (κ3) is 4.17. The van der Waals surface area contributed by atoms with Crippen molar-refractivity contribution in [1.29, 1.82) is 0 Å². The second-order valence-corrected chi connectivity index (χ2v) is 10.6. The van der Waals surface area contributed by atoms with Gasteiger partial charge in [-0.25, -0.2) is 0 Å². The number of aliphatic hydroxyl groups is 4. The maximum Gasteiger partial charge on any atom is 0.246 e. The van der Waals surface area contributed by atoms with Crippen LogP contribution in [-0.4, -0.2) is 62.8 Å². The van der Waals surface area contributed by atoms with E-state index in [1.165, 1.54) is 0 Å². The molecule has 0 aliphatic carbocycles. The van der Waals surface area contributed by atoms with Crippen LogP contribution >= 0.6 is 7.49 Å². The standard InChI is InChI=1S/C24H25O7P/c25-15-20-21(27)22(28)23(29)24(30-20)31-32(17-7-3-1-4-8-17,18-9-5-2-6-10-18)19-13-11-16(26)12-14-19/h1-14,20-25,27-29H,15H2/p+1/t20-,21-,22+,23-,24-/m1/s1. The molecule has 5 N–H and O–H groups in total. The smallest absolute Gasteiger partial charge is 0.246 e. The summed E-state index contributed by atoms with van der Waals surface area (Å²) in [6.45, 7) is -0.549.